The molecule has 1 saturated heterocycles. The van der Waals surface area contributed by atoms with Gasteiger partial charge in [-0.25, -0.2) is 0 Å². The van der Waals surface area contributed by atoms with Gasteiger partial charge in [-0.15, -0.1) is 0 Å². The lowest BCUT2D eigenvalue weighted by Crippen LogP contribution is -2.28. The highest BCUT2D eigenvalue weighted by Crippen LogP contribution is 2.29. The molecule has 0 bridgehead atoms. The first kappa shape index (κ1) is 22.0. The summed E-state index contributed by atoms with van der Waals surface area (Å²) in [6.45, 7) is 5.77. The molecule has 1 atom stereocenters. The maximum atomic E-state index is 12.5. The Balaban J connectivity index is 1.57. The smallest absolute Gasteiger partial charge is 0.311 e. The molecule has 0 unspecified atom stereocenters. The third kappa shape index (κ3) is 5.08. The number of nitrogens with zero attached hydrogens (tertiary/aromatic N) is 1. The van der Waals surface area contributed by atoms with E-state index in [0.29, 0.717) is 5.69 Å². The zero-order valence-corrected chi connectivity index (χ0v) is 18.9. The van der Waals surface area contributed by atoms with Crippen LogP contribution >= 0.6 is 15.9 Å². The third-order valence-corrected chi connectivity index (χ3v) is 5.67. The fraction of sp³-hybridized carbons (Fsp3) is 0.348. The van der Waals surface area contributed by atoms with E-state index in [1.165, 1.54) is 0 Å². The van der Waals surface area contributed by atoms with Crippen LogP contribution in [0.4, 0.5) is 11.4 Å². The Morgan fingerprint density at radius 1 is 1.20 bits per heavy atom. The average molecular weight is 473 g/mol. The zero-order chi connectivity index (χ0) is 21.8. The molecule has 2 aromatic carbocycles. The molecular weight excluding hydrogens is 448 g/mol. The first-order valence-corrected chi connectivity index (χ1v) is 10.7. The van der Waals surface area contributed by atoms with Gasteiger partial charge in [0, 0.05) is 28.8 Å². The summed E-state index contributed by atoms with van der Waals surface area (Å²) in [4.78, 5) is 38.8. The largest absolute Gasteiger partial charge is 0.455 e. The van der Waals surface area contributed by atoms with Crippen molar-refractivity contribution in [3.63, 3.8) is 0 Å². The van der Waals surface area contributed by atoms with Crippen LogP contribution in [0.5, 0.6) is 0 Å². The van der Waals surface area contributed by atoms with Gasteiger partial charge in [0.15, 0.2) is 6.61 Å². The van der Waals surface area contributed by atoms with Crippen molar-refractivity contribution in [1.82, 2.24) is 0 Å². The maximum Gasteiger partial charge on any atom is 0.311 e. The van der Waals surface area contributed by atoms with E-state index in [1.54, 1.807) is 11.0 Å². The topological polar surface area (TPSA) is 75.7 Å². The van der Waals surface area contributed by atoms with Crippen molar-refractivity contribution in [2.24, 2.45) is 5.92 Å². The van der Waals surface area contributed by atoms with Gasteiger partial charge in [0.1, 0.15) is 0 Å². The summed E-state index contributed by atoms with van der Waals surface area (Å²) in [5.74, 6) is -1.63. The summed E-state index contributed by atoms with van der Waals surface area (Å²) in [6, 6.07) is 11.5. The average Bonchev–Trinajstić information content (AvgIpc) is 3.10. The second kappa shape index (κ2) is 9.43. The van der Waals surface area contributed by atoms with E-state index in [1.807, 2.05) is 51.1 Å². The fourth-order valence-corrected chi connectivity index (χ4v) is 3.93. The van der Waals surface area contributed by atoms with E-state index in [2.05, 4.69) is 21.2 Å². The molecule has 158 valence electrons. The zero-order valence-electron chi connectivity index (χ0n) is 17.3. The van der Waals surface area contributed by atoms with Crippen LogP contribution in [0, 0.1) is 19.8 Å². The van der Waals surface area contributed by atoms with Crippen molar-refractivity contribution in [3.05, 3.63) is 57.6 Å². The molecule has 0 aliphatic carbocycles. The lowest BCUT2D eigenvalue weighted by Gasteiger charge is -2.19. The molecule has 0 radical (unpaired) electrons. The number of nitrogens with one attached hydrogen (secondary N) is 1. The molecule has 0 saturated carbocycles. The summed E-state index contributed by atoms with van der Waals surface area (Å²) in [5, 5.41) is 2.78. The highest BCUT2D eigenvalue weighted by Gasteiger charge is 2.36. The van der Waals surface area contributed by atoms with Crippen LogP contribution in [0.2, 0.25) is 0 Å². The van der Waals surface area contributed by atoms with Crippen LogP contribution in [0.1, 0.15) is 30.0 Å². The molecular formula is C23H25BrN2O4. The van der Waals surface area contributed by atoms with Crippen LogP contribution in [0.25, 0.3) is 0 Å². The van der Waals surface area contributed by atoms with Gasteiger partial charge in [0.05, 0.1) is 5.92 Å². The molecule has 7 heteroatoms. The summed E-state index contributed by atoms with van der Waals surface area (Å²) in [7, 11) is 0. The van der Waals surface area contributed by atoms with Gasteiger partial charge in [-0.05, 0) is 61.2 Å². The number of hydrogen-bond acceptors (Lipinski definition) is 4. The second-order valence-electron chi connectivity index (χ2n) is 7.51. The Labute approximate surface area is 184 Å². The summed E-state index contributed by atoms with van der Waals surface area (Å²) < 4.78 is 6.14. The van der Waals surface area contributed by atoms with Crippen molar-refractivity contribution < 1.29 is 19.1 Å². The third-order valence-electron chi connectivity index (χ3n) is 5.18. The summed E-state index contributed by atoms with van der Waals surface area (Å²) >= 11 is 3.41. The number of esters is 1. The number of amides is 2. The van der Waals surface area contributed by atoms with Crippen molar-refractivity contribution in [1.29, 1.82) is 0 Å². The number of ether oxygens (including phenoxy) is 1. The lowest BCUT2D eigenvalue weighted by atomic mass is 10.1. The van der Waals surface area contributed by atoms with Gasteiger partial charge in [-0.1, -0.05) is 35.0 Å². The van der Waals surface area contributed by atoms with Gasteiger partial charge in [0.2, 0.25) is 5.91 Å². The molecule has 0 aromatic heterocycles. The Morgan fingerprint density at radius 3 is 2.70 bits per heavy atom. The number of carbonyl (C=O) groups is 3. The molecule has 6 nitrogen and oxygen atoms in total. The number of carbonyl (C=O) groups excluding carboxylic acids is 3. The first-order chi connectivity index (χ1) is 14.3. The number of rotatable bonds is 6. The number of anilines is 2. The maximum absolute atomic E-state index is 12.5. The monoisotopic (exact) mass is 472 g/mol. The lowest BCUT2D eigenvalue weighted by molar-refractivity contribution is -0.151. The molecule has 1 aliphatic rings. The van der Waals surface area contributed by atoms with Crippen molar-refractivity contribution in [2.75, 3.05) is 23.4 Å². The molecule has 30 heavy (non-hydrogen) atoms. The van der Waals surface area contributed by atoms with Gasteiger partial charge >= 0.3 is 5.97 Å². The van der Waals surface area contributed by atoms with E-state index in [4.69, 9.17) is 4.74 Å². The van der Waals surface area contributed by atoms with Crippen LogP contribution in [0.15, 0.2) is 40.9 Å². The van der Waals surface area contributed by atoms with E-state index < -0.39 is 17.8 Å². The van der Waals surface area contributed by atoms with Crippen molar-refractivity contribution >= 4 is 45.1 Å². The predicted molar refractivity (Wildman–Crippen MR) is 119 cm³/mol. The van der Waals surface area contributed by atoms with Crippen LogP contribution in [-0.4, -0.2) is 30.9 Å². The predicted octanol–water partition coefficient (Wildman–Crippen LogP) is 4.16. The Hall–Kier alpha value is -2.67. The minimum Gasteiger partial charge on any atom is -0.455 e. The summed E-state index contributed by atoms with van der Waals surface area (Å²) in [6.07, 6.45) is 0.841. The van der Waals surface area contributed by atoms with E-state index in [9.17, 15) is 14.4 Å². The minimum absolute atomic E-state index is 0.0839. The second-order valence-corrected chi connectivity index (χ2v) is 8.42. The Kier molecular flexibility index (Phi) is 6.92. The number of aryl methyl sites for hydroxylation is 3. The van der Waals surface area contributed by atoms with Crippen LogP contribution in [0.3, 0.4) is 0 Å². The van der Waals surface area contributed by atoms with Gasteiger partial charge < -0.3 is 15.0 Å². The van der Waals surface area contributed by atoms with Gasteiger partial charge in [0.25, 0.3) is 5.91 Å². The quantitative estimate of drug-likeness (QED) is 0.640. The Bertz CT molecular complexity index is 989. The van der Waals surface area contributed by atoms with E-state index in [0.717, 1.165) is 33.3 Å². The molecule has 1 aliphatic heterocycles. The fourth-order valence-electron chi connectivity index (χ4n) is 3.53. The number of halogens is 1. The molecule has 2 aromatic rings. The van der Waals surface area contributed by atoms with E-state index in [-0.39, 0.29) is 25.5 Å². The summed E-state index contributed by atoms with van der Waals surface area (Å²) in [5.41, 5.74) is 4.51. The molecule has 2 amide bonds. The minimum atomic E-state index is -0.580. The van der Waals surface area contributed by atoms with Crippen LogP contribution < -0.4 is 10.2 Å². The SMILES string of the molecule is CCc1cc(Br)ccc1NC(=O)COC(=O)[C@@H]1CC(=O)N(c2cc(C)ccc2C)C1. The molecule has 0 spiro atoms. The molecule has 1 fully saturated rings. The van der Waals surface area contributed by atoms with Gasteiger partial charge in [-0.2, -0.15) is 0 Å². The standard InChI is InChI=1S/C23H25BrN2O4/c1-4-16-10-18(24)7-8-19(16)25-21(27)13-30-23(29)17-11-22(28)26(12-17)20-9-14(2)5-6-15(20)3/h5-10,17H,4,11-13H2,1-3H3,(H,25,27)/t17-/m1/s1. The molecule has 1 N–H and O–H groups in total. The molecule has 3 rings (SSSR count). The normalized spacial score (nSPS) is 15.9. The van der Waals surface area contributed by atoms with Gasteiger partial charge in [-0.3, -0.25) is 14.4 Å². The highest BCUT2D eigenvalue weighted by atomic mass is 79.9. The van der Waals surface area contributed by atoms with Crippen molar-refractivity contribution in [3.8, 4) is 0 Å². The highest BCUT2D eigenvalue weighted by molar-refractivity contribution is 9.10. The molecule has 1 heterocycles. The number of hydrogen-bond donors (Lipinski definition) is 1. The van der Waals surface area contributed by atoms with Crippen molar-refractivity contribution in [2.45, 2.75) is 33.6 Å². The van der Waals surface area contributed by atoms with E-state index >= 15 is 0 Å². The van der Waals surface area contributed by atoms with Crippen LogP contribution in [-0.2, 0) is 25.5 Å². The number of benzene rings is 2. The Morgan fingerprint density at radius 2 is 1.97 bits per heavy atom. The first-order valence-electron chi connectivity index (χ1n) is 9.91.